The van der Waals surface area contributed by atoms with Gasteiger partial charge in [0.1, 0.15) is 11.5 Å². The average Bonchev–Trinajstić information content (AvgIpc) is 3.23. The molecule has 1 fully saturated rings. The highest BCUT2D eigenvalue weighted by Crippen LogP contribution is 2.31. The smallest absolute Gasteiger partial charge is 0.229 e. The van der Waals surface area contributed by atoms with Gasteiger partial charge in [-0.3, -0.25) is 9.59 Å². The van der Waals surface area contributed by atoms with Crippen LogP contribution < -0.4 is 15.0 Å². The highest BCUT2D eigenvalue weighted by atomic mass is 35.5. The summed E-state index contributed by atoms with van der Waals surface area (Å²) in [5.41, 5.74) is 1.40. The Labute approximate surface area is 196 Å². The minimum absolute atomic E-state index is 0.0729. The monoisotopic (exact) mass is 456 g/mol. The van der Waals surface area contributed by atoms with E-state index in [4.69, 9.17) is 16.3 Å². The fourth-order valence-corrected chi connectivity index (χ4v) is 4.14. The SMILES string of the molecule is O=C(Nc1ccc(Oc2cccc3ccccc23)cc1)[C@H]1CC(=O)N(c2ccc(Cl)cc2)C1. The van der Waals surface area contributed by atoms with Crippen LogP contribution in [0.5, 0.6) is 11.5 Å². The van der Waals surface area contributed by atoms with E-state index in [1.807, 2.05) is 54.6 Å². The van der Waals surface area contributed by atoms with Crippen LogP contribution >= 0.6 is 11.6 Å². The zero-order valence-corrected chi connectivity index (χ0v) is 18.5. The van der Waals surface area contributed by atoms with E-state index in [9.17, 15) is 9.59 Å². The lowest BCUT2D eigenvalue weighted by Crippen LogP contribution is -2.28. The van der Waals surface area contributed by atoms with Crippen LogP contribution in [0.2, 0.25) is 5.02 Å². The molecule has 164 valence electrons. The molecule has 2 amide bonds. The molecule has 0 unspecified atom stereocenters. The molecule has 4 aromatic rings. The van der Waals surface area contributed by atoms with Crippen molar-refractivity contribution in [3.63, 3.8) is 0 Å². The maximum absolute atomic E-state index is 12.8. The van der Waals surface area contributed by atoms with Gasteiger partial charge in [0.05, 0.1) is 5.92 Å². The van der Waals surface area contributed by atoms with E-state index >= 15 is 0 Å². The molecule has 0 saturated carbocycles. The topological polar surface area (TPSA) is 58.6 Å². The number of carbonyl (C=O) groups is 2. The molecule has 1 aliphatic heterocycles. The van der Waals surface area contributed by atoms with Gasteiger partial charge in [-0.05, 0) is 60.0 Å². The second-order valence-corrected chi connectivity index (χ2v) is 8.41. The Morgan fingerprint density at radius 2 is 1.64 bits per heavy atom. The molecule has 0 aromatic heterocycles. The average molecular weight is 457 g/mol. The van der Waals surface area contributed by atoms with Gasteiger partial charge in [0.15, 0.2) is 0 Å². The zero-order valence-electron chi connectivity index (χ0n) is 17.7. The van der Waals surface area contributed by atoms with Crippen molar-refractivity contribution in [2.45, 2.75) is 6.42 Å². The molecule has 1 saturated heterocycles. The van der Waals surface area contributed by atoms with E-state index in [0.717, 1.165) is 22.2 Å². The van der Waals surface area contributed by atoms with Crippen molar-refractivity contribution in [1.82, 2.24) is 0 Å². The Bertz CT molecular complexity index is 1310. The number of benzene rings is 4. The molecule has 0 radical (unpaired) electrons. The molecule has 0 aliphatic carbocycles. The lowest BCUT2D eigenvalue weighted by molar-refractivity contribution is -0.122. The number of hydrogen-bond donors (Lipinski definition) is 1. The zero-order chi connectivity index (χ0) is 22.8. The normalized spacial score (nSPS) is 15.6. The summed E-state index contributed by atoms with van der Waals surface area (Å²) in [4.78, 5) is 26.8. The lowest BCUT2D eigenvalue weighted by Gasteiger charge is -2.17. The first-order valence-electron chi connectivity index (χ1n) is 10.7. The van der Waals surface area contributed by atoms with E-state index in [0.29, 0.717) is 23.0 Å². The van der Waals surface area contributed by atoms with Gasteiger partial charge in [-0.2, -0.15) is 0 Å². The van der Waals surface area contributed by atoms with Crippen LogP contribution in [0, 0.1) is 5.92 Å². The summed E-state index contributed by atoms with van der Waals surface area (Å²) in [5.74, 6) is 0.782. The summed E-state index contributed by atoms with van der Waals surface area (Å²) >= 11 is 5.93. The molecule has 1 aliphatic rings. The number of amides is 2. The van der Waals surface area contributed by atoms with E-state index in [-0.39, 0.29) is 18.2 Å². The molecule has 0 bridgehead atoms. The second-order valence-electron chi connectivity index (χ2n) is 7.97. The van der Waals surface area contributed by atoms with Gasteiger partial charge >= 0.3 is 0 Å². The van der Waals surface area contributed by atoms with Crippen LogP contribution in [0.25, 0.3) is 10.8 Å². The fourth-order valence-electron chi connectivity index (χ4n) is 4.02. The fraction of sp³-hybridized carbons (Fsp3) is 0.111. The summed E-state index contributed by atoms with van der Waals surface area (Å²) < 4.78 is 6.06. The van der Waals surface area contributed by atoms with Crippen LogP contribution in [0.15, 0.2) is 91.0 Å². The first kappa shape index (κ1) is 21.0. The third kappa shape index (κ3) is 4.54. The molecule has 6 heteroatoms. The van der Waals surface area contributed by atoms with Gasteiger partial charge in [0, 0.05) is 34.7 Å². The van der Waals surface area contributed by atoms with Gasteiger partial charge in [-0.25, -0.2) is 0 Å². The Balaban J connectivity index is 1.23. The number of anilines is 2. The van der Waals surface area contributed by atoms with Gasteiger partial charge in [0.2, 0.25) is 11.8 Å². The Morgan fingerprint density at radius 1 is 0.909 bits per heavy atom. The number of nitrogens with one attached hydrogen (secondary N) is 1. The summed E-state index contributed by atoms with van der Waals surface area (Å²) in [6.45, 7) is 0.342. The molecule has 33 heavy (non-hydrogen) atoms. The highest BCUT2D eigenvalue weighted by molar-refractivity contribution is 6.30. The van der Waals surface area contributed by atoms with Gasteiger partial charge in [-0.1, -0.05) is 48.0 Å². The van der Waals surface area contributed by atoms with E-state index in [1.165, 1.54) is 0 Å². The molecule has 1 heterocycles. The molecule has 5 nitrogen and oxygen atoms in total. The van der Waals surface area contributed by atoms with Gasteiger partial charge < -0.3 is 15.0 Å². The van der Waals surface area contributed by atoms with Crippen molar-refractivity contribution < 1.29 is 14.3 Å². The van der Waals surface area contributed by atoms with Crippen molar-refractivity contribution in [2.24, 2.45) is 5.92 Å². The van der Waals surface area contributed by atoms with Crippen LogP contribution in [0.1, 0.15) is 6.42 Å². The molecule has 5 rings (SSSR count). The maximum Gasteiger partial charge on any atom is 0.229 e. The van der Waals surface area contributed by atoms with Crippen molar-refractivity contribution in [1.29, 1.82) is 0 Å². The summed E-state index contributed by atoms with van der Waals surface area (Å²) in [6.07, 6.45) is 0.177. The van der Waals surface area contributed by atoms with E-state index in [2.05, 4.69) is 5.32 Å². The standard InChI is InChI=1S/C27H21ClN2O3/c28-20-8-12-22(13-9-20)30-17-19(16-26(30)31)27(32)29-21-10-14-23(15-11-21)33-25-7-3-5-18-4-1-2-6-24(18)25/h1-15,19H,16-17H2,(H,29,32)/t19-/m0/s1. The van der Waals surface area contributed by atoms with E-state index < -0.39 is 5.92 Å². The molecular weight excluding hydrogens is 436 g/mol. The number of carbonyl (C=O) groups excluding carboxylic acids is 2. The molecule has 0 spiro atoms. The molecule has 4 aromatic carbocycles. The number of nitrogens with zero attached hydrogens (tertiary/aromatic N) is 1. The Hall–Kier alpha value is -3.83. The van der Waals surface area contributed by atoms with Crippen LogP contribution in [-0.4, -0.2) is 18.4 Å². The molecule has 1 N–H and O–H groups in total. The quantitative estimate of drug-likeness (QED) is 0.384. The Morgan fingerprint density at radius 3 is 2.42 bits per heavy atom. The van der Waals surface area contributed by atoms with E-state index in [1.54, 1.807) is 41.3 Å². The van der Waals surface area contributed by atoms with Gasteiger partial charge in [0.25, 0.3) is 0 Å². The van der Waals surface area contributed by atoms with Gasteiger partial charge in [-0.15, -0.1) is 0 Å². The second kappa shape index (κ2) is 8.96. The number of fused-ring (bicyclic) bond motifs is 1. The predicted molar refractivity (Wildman–Crippen MR) is 131 cm³/mol. The van der Waals surface area contributed by atoms with Crippen molar-refractivity contribution in [3.05, 3.63) is 96.0 Å². The number of rotatable bonds is 5. The summed E-state index contributed by atoms with van der Waals surface area (Å²) in [7, 11) is 0. The largest absolute Gasteiger partial charge is 0.457 e. The summed E-state index contributed by atoms with van der Waals surface area (Å²) in [6, 6.07) is 28.3. The first-order chi connectivity index (χ1) is 16.1. The summed E-state index contributed by atoms with van der Waals surface area (Å²) in [5, 5.41) is 5.66. The Kier molecular flexibility index (Phi) is 5.71. The minimum atomic E-state index is -0.417. The third-order valence-corrected chi connectivity index (χ3v) is 5.99. The molecular formula is C27H21ClN2O3. The first-order valence-corrected chi connectivity index (χ1v) is 11.1. The number of halogens is 1. The van der Waals surface area contributed by atoms with Crippen molar-refractivity contribution >= 4 is 45.6 Å². The lowest BCUT2D eigenvalue weighted by atomic mass is 10.1. The third-order valence-electron chi connectivity index (χ3n) is 5.73. The minimum Gasteiger partial charge on any atom is -0.457 e. The van der Waals surface area contributed by atoms with Crippen LogP contribution in [0.4, 0.5) is 11.4 Å². The van der Waals surface area contributed by atoms with Crippen LogP contribution in [0.3, 0.4) is 0 Å². The van der Waals surface area contributed by atoms with Crippen molar-refractivity contribution in [2.75, 3.05) is 16.8 Å². The number of hydrogen-bond acceptors (Lipinski definition) is 3. The molecule has 1 atom stereocenters. The van der Waals surface area contributed by atoms with Crippen LogP contribution in [-0.2, 0) is 9.59 Å². The van der Waals surface area contributed by atoms with Crippen molar-refractivity contribution in [3.8, 4) is 11.5 Å². The maximum atomic E-state index is 12.8. The number of ether oxygens (including phenoxy) is 1. The predicted octanol–water partition coefficient (Wildman–Crippen LogP) is 6.28. The highest BCUT2D eigenvalue weighted by Gasteiger charge is 2.35.